The van der Waals surface area contributed by atoms with Gasteiger partial charge in [0.25, 0.3) is 0 Å². The molecule has 238 valence electrons. The maximum Gasteiger partial charge on any atom is 0.171 e. The summed E-state index contributed by atoms with van der Waals surface area (Å²) >= 11 is 0. The Kier molecular flexibility index (Phi) is 6.23. The van der Waals surface area contributed by atoms with Gasteiger partial charge in [0.2, 0.25) is 0 Å². The van der Waals surface area contributed by atoms with Crippen molar-refractivity contribution in [3.05, 3.63) is 175 Å². The molecule has 3 heteroatoms. The van der Waals surface area contributed by atoms with Crippen LogP contribution in [-0.4, -0.2) is 0 Å². The molecule has 2 nitrogen and oxygen atoms in total. The van der Waals surface area contributed by atoms with Gasteiger partial charge in [0.05, 0.1) is 0 Å². The lowest BCUT2D eigenvalue weighted by Gasteiger charge is -2.25. The van der Waals surface area contributed by atoms with E-state index in [0.29, 0.717) is 0 Å². The molecule has 0 spiro atoms. The molecule has 1 aromatic heterocycles. The summed E-state index contributed by atoms with van der Waals surface area (Å²) in [7, 11) is -3.10. The molecule has 0 aliphatic heterocycles. The van der Waals surface area contributed by atoms with Crippen LogP contribution in [0.2, 0.25) is 0 Å². The SMILES string of the molecule is CC1(C)c2cc(-c3ccc4oc5c6ccccc6c6ccccc6c5c4c3)ccc2-c2ccc(P(=O)(c3ccccc3)c3ccccc3)cc21. The molecule has 1 aliphatic carbocycles. The van der Waals surface area contributed by atoms with Crippen molar-refractivity contribution in [1.29, 1.82) is 0 Å². The van der Waals surface area contributed by atoms with Crippen molar-refractivity contribution in [3.8, 4) is 22.3 Å². The van der Waals surface area contributed by atoms with Crippen LogP contribution in [0.15, 0.2) is 168 Å². The first kappa shape index (κ1) is 29.2. The Morgan fingerprint density at radius 1 is 0.460 bits per heavy atom. The highest BCUT2D eigenvalue weighted by Gasteiger charge is 2.38. The summed E-state index contributed by atoms with van der Waals surface area (Å²) in [4.78, 5) is 0. The fourth-order valence-corrected chi connectivity index (χ4v) is 11.1. The summed E-state index contributed by atoms with van der Waals surface area (Å²) in [5, 5.41) is 9.66. The van der Waals surface area contributed by atoms with E-state index < -0.39 is 7.14 Å². The minimum atomic E-state index is -3.10. The largest absolute Gasteiger partial charge is 0.455 e. The van der Waals surface area contributed by atoms with E-state index >= 15 is 4.57 Å². The fourth-order valence-electron chi connectivity index (χ4n) is 8.41. The maximum absolute atomic E-state index is 15.3. The zero-order chi connectivity index (χ0) is 33.6. The molecule has 8 aromatic carbocycles. The second-order valence-electron chi connectivity index (χ2n) is 14.0. The van der Waals surface area contributed by atoms with Gasteiger partial charge < -0.3 is 8.98 Å². The van der Waals surface area contributed by atoms with Crippen molar-refractivity contribution in [2.75, 3.05) is 0 Å². The van der Waals surface area contributed by atoms with Crippen LogP contribution in [0.25, 0.3) is 65.7 Å². The van der Waals surface area contributed by atoms with Crippen LogP contribution < -0.4 is 15.9 Å². The van der Waals surface area contributed by atoms with E-state index in [4.69, 9.17) is 4.42 Å². The molecule has 0 unspecified atom stereocenters. The fraction of sp³-hybridized carbons (Fsp3) is 0.0638. The monoisotopic (exact) mass is 660 g/mol. The van der Waals surface area contributed by atoms with Gasteiger partial charge in [-0.05, 0) is 73.8 Å². The summed E-state index contributed by atoms with van der Waals surface area (Å²) in [6, 6.07) is 57.0. The van der Waals surface area contributed by atoms with Crippen LogP contribution in [0.4, 0.5) is 0 Å². The first-order valence-electron chi connectivity index (χ1n) is 17.2. The first-order chi connectivity index (χ1) is 24.4. The van der Waals surface area contributed by atoms with E-state index in [-0.39, 0.29) is 5.41 Å². The minimum Gasteiger partial charge on any atom is -0.455 e. The van der Waals surface area contributed by atoms with Crippen LogP contribution in [0.1, 0.15) is 25.0 Å². The molecule has 0 saturated carbocycles. The van der Waals surface area contributed by atoms with Gasteiger partial charge in [0, 0.05) is 37.5 Å². The molecule has 0 N–H and O–H groups in total. The summed E-state index contributed by atoms with van der Waals surface area (Å²) < 4.78 is 21.9. The Morgan fingerprint density at radius 2 is 0.980 bits per heavy atom. The molecule has 50 heavy (non-hydrogen) atoms. The van der Waals surface area contributed by atoms with E-state index in [0.717, 1.165) is 43.4 Å². The molecule has 0 bridgehead atoms. The Hall–Kier alpha value is -5.69. The summed E-state index contributed by atoms with van der Waals surface area (Å²) in [6.45, 7) is 4.59. The Morgan fingerprint density at radius 3 is 1.66 bits per heavy atom. The molecular weight excluding hydrogens is 627 g/mol. The van der Waals surface area contributed by atoms with E-state index in [2.05, 4.69) is 117 Å². The van der Waals surface area contributed by atoms with Crippen molar-refractivity contribution in [1.82, 2.24) is 0 Å². The lowest BCUT2D eigenvalue weighted by Crippen LogP contribution is -2.26. The standard InChI is InChI=1S/C47H33O2P/c1-47(2)42-28-31(30-22-26-44-41(27-30)45-39-19-11-9-17-35(39)36-18-10-12-20-40(36)46(45)49-44)21-24-37(42)38-25-23-34(29-43(38)47)50(48,32-13-5-3-6-14-32)33-15-7-4-8-16-33/h3-29H,1-2H3. The summed E-state index contributed by atoms with van der Waals surface area (Å²) in [5.41, 5.74) is 8.83. The highest BCUT2D eigenvalue weighted by atomic mass is 31.2. The third-order valence-corrected chi connectivity index (χ3v) is 14.0. The molecule has 1 heterocycles. The molecule has 10 rings (SSSR count). The molecule has 9 aromatic rings. The average molecular weight is 661 g/mol. The number of hydrogen-bond acceptors (Lipinski definition) is 2. The Bertz CT molecular complexity index is 2820. The number of furan rings is 1. The second kappa shape index (κ2) is 10.7. The van der Waals surface area contributed by atoms with E-state index in [9.17, 15) is 0 Å². The summed E-state index contributed by atoms with van der Waals surface area (Å²) in [5.74, 6) is 0. The minimum absolute atomic E-state index is 0.281. The third-order valence-electron chi connectivity index (χ3n) is 10.9. The van der Waals surface area contributed by atoms with Crippen molar-refractivity contribution in [2.45, 2.75) is 19.3 Å². The van der Waals surface area contributed by atoms with Gasteiger partial charge in [-0.2, -0.15) is 0 Å². The lowest BCUT2D eigenvalue weighted by atomic mass is 9.81. The van der Waals surface area contributed by atoms with Gasteiger partial charge in [-0.3, -0.25) is 0 Å². The van der Waals surface area contributed by atoms with E-state index in [1.807, 2.05) is 60.7 Å². The smallest absolute Gasteiger partial charge is 0.171 e. The Labute approximate surface area is 291 Å². The molecule has 0 amide bonds. The van der Waals surface area contributed by atoms with E-state index in [1.54, 1.807) is 0 Å². The lowest BCUT2D eigenvalue weighted by molar-refractivity contribution is 0.592. The number of hydrogen-bond donors (Lipinski definition) is 0. The van der Waals surface area contributed by atoms with Crippen molar-refractivity contribution < 1.29 is 8.98 Å². The second-order valence-corrected chi connectivity index (χ2v) is 16.8. The molecular formula is C47H33O2P. The Balaban J connectivity index is 1.11. The highest BCUT2D eigenvalue weighted by molar-refractivity contribution is 7.85. The highest BCUT2D eigenvalue weighted by Crippen LogP contribution is 2.52. The van der Waals surface area contributed by atoms with Gasteiger partial charge in [-0.1, -0.05) is 153 Å². The van der Waals surface area contributed by atoms with E-state index in [1.165, 1.54) is 49.4 Å². The number of rotatable bonds is 4. The van der Waals surface area contributed by atoms with Crippen LogP contribution in [0, 0.1) is 0 Å². The van der Waals surface area contributed by atoms with Crippen LogP contribution >= 0.6 is 7.14 Å². The topological polar surface area (TPSA) is 30.2 Å². The van der Waals surface area contributed by atoms with Crippen LogP contribution in [0.3, 0.4) is 0 Å². The molecule has 0 atom stereocenters. The zero-order valence-electron chi connectivity index (χ0n) is 27.9. The normalized spacial score (nSPS) is 13.6. The van der Waals surface area contributed by atoms with Crippen LogP contribution in [-0.2, 0) is 9.98 Å². The molecule has 0 saturated heterocycles. The summed E-state index contributed by atoms with van der Waals surface area (Å²) in [6.07, 6.45) is 0. The van der Waals surface area contributed by atoms with Crippen LogP contribution in [0.5, 0.6) is 0 Å². The average Bonchev–Trinajstić information content (AvgIpc) is 3.67. The molecule has 0 fully saturated rings. The van der Waals surface area contributed by atoms with Gasteiger partial charge in [-0.25, -0.2) is 0 Å². The first-order valence-corrected chi connectivity index (χ1v) is 18.9. The maximum atomic E-state index is 15.3. The number of benzene rings is 8. The predicted molar refractivity (Wildman–Crippen MR) is 211 cm³/mol. The van der Waals surface area contributed by atoms with Gasteiger partial charge in [0.1, 0.15) is 11.2 Å². The predicted octanol–water partition coefficient (Wildman–Crippen LogP) is 11.5. The zero-order valence-corrected chi connectivity index (χ0v) is 28.7. The number of fused-ring (bicyclic) bond motifs is 11. The van der Waals surface area contributed by atoms with Crippen molar-refractivity contribution >= 4 is 66.5 Å². The van der Waals surface area contributed by atoms with Gasteiger partial charge in [0.15, 0.2) is 7.14 Å². The van der Waals surface area contributed by atoms with Crippen molar-refractivity contribution in [3.63, 3.8) is 0 Å². The molecule has 0 radical (unpaired) electrons. The van der Waals surface area contributed by atoms with Gasteiger partial charge >= 0.3 is 0 Å². The van der Waals surface area contributed by atoms with Crippen molar-refractivity contribution in [2.24, 2.45) is 0 Å². The molecule has 1 aliphatic rings. The third kappa shape index (κ3) is 4.06. The van der Waals surface area contributed by atoms with Gasteiger partial charge in [-0.15, -0.1) is 0 Å². The quantitative estimate of drug-likeness (QED) is 0.139.